The van der Waals surface area contributed by atoms with Crippen LogP contribution in [0.15, 0.2) is 30.3 Å². The fraction of sp³-hybridized carbons (Fsp3) is 0.474. The first kappa shape index (κ1) is 18.1. The molecule has 138 valence electrons. The maximum atomic E-state index is 12.5. The summed E-state index contributed by atoms with van der Waals surface area (Å²) in [6, 6.07) is 8.26. The Kier molecular flexibility index (Phi) is 5.35. The zero-order valence-corrected chi connectivity index (χ0v) is 14.8. The first-order chi connectivity index (χ1) is 12.5. The number of benzene rings is 1. The molecule has 1 N–H and O–H groups in total. The predicted octanol–water partition coefficient (Wildman–Crippen LogP) is 1.67. The second-order valence-corrected chi connectivity index (χ2v) is 6.99. The Morgan fingerprint density at radius 3 is 2.38 bits per heavy atom. The third kappa shape index (κ3) is 3.76. The lowest BCUT2D eigenvalue weighted by atomic mass is 9.86. The van der Waals surface area contributed by atoms with E-state index in [9.17, 15) is 19.2 Å². The summed E-state index contributed by atoms with van der Waals surface area (Å²) in [6.07, 6.45) is 4.16. The van der Waals surface area contributed by atoms with Crippen LogP contribution in [0.5, 0.6) is 0 Å². The lowest BCUT2D eigenvalue weighted by Gasteiger charge is -2.29. The van der Waals surface area contributed by atoms with Crippen molar-refractivity contribution in [2.45, 2.75) is 45.2 Å². The Morgan fingerprint density at radius 1 is 1.04 bits per heavy atom. The van der Waals surface area contributed by atoms with Crippen molar-refractivity contribution in [1.82, 2.24) is 15.1 Å². The van der Waals surface area contributed by atoms with Crippen molar-refractivity contribution in [1.29, 1.82) is 0 Å². The molecule has 0 bridgehead atoms. The standard InChI is InChI=1S/C19H23N3O4/c1-13-7-5-6-10-15(13)20-16(23)12-22-18(25)17(24)21(19(22)26)11-14-8-3-2-4-9-14/h2-4,8-9,13,15H,5-7,10-12H2,1H3,(H,20,23)/t13-,15+/m1/s1. The van der Waals surface area contributed by atoms with Gasteiger partial charge in [-0.05, 0) is 24.3 Å². The zero-order valence-electron chi connectivity index (χ0n) is 14.8. The van der Waals surface area contributed by atoms with Crippen LogP contribution in [0.2, 0.25) is 0 Å². The summed E-state index contributed by atoms with van der Waals surface area (Å²) in [7, 11) is 0. The van der Waals surface area contributed by atoms with E-state index in [-0.39, 0.29) is 12.6 Å². The minimum atomic E-state index is -0.947. The van der Waals surface area contributed by atoms with Crippen molar-refractivity contribution in [3.8, 4) is 0 Å². The van der Waals surface area contributed by atoms with E-state index in [1.807, 2.05) is 6.07 Å². The van der Waals surface area contributed by atoms with Crippen molar-refractivity contribution in [3.05, 3.63) is 35.9 Å². The molecule has 0 spiro atoms. The molecule has 1 aliphatic carbocycles. The molecular weight excluding hydrogens is 334 g/mol. The van der Waals surface area contributed by atoms with Crippen molar-refractivity contribution < 1.29 is 19.2 Å². The highest BCUT2D eigenvalue weighted by Crippen LogP contribution is 2.23. The van der Waals surface area contributed by atoms with E-state index in [0.29, 0.717) is 5.92 Å². The number of nitrogens with zero attached hydrogens (tertiary/aromatic N) is 2. The van der Waals surface area contributed by atoms with E-state index < -0.39 is 30.3 Å². The first-order valence-electron chi connectivity index (χ1n) is 8.98. The second kappa shape index (κ2) is 7.68. The highest BCUT2D eigenvalue weighted by molar-refractivity contribution is 6.44. The molecule has 1 aliphatic heterocycles. The van der Waals surface area contributed by atoms with Gasteiger partial charge in [-0.2, -0.15) is 0 Å². The van der Waals surface area contributed by atoms with Gasteiger partial charge in [0.15, 0.2) is 0 Å². The fourth-order valence-corrected chi connectivity index (χ4v) is 3.52. The van der Waals surface area contributed by atoms with Gasteiger partial charge in [-0.3, -0.25) is 19.3 Å². The maximum absolute atomic E-state index is 12.5. The second-order valence-electron chi connectivity index (χ2n) is 6.99. The Hall–Kier alpha value is -2.70. The summed E-state index contributed by atoms with van der Waals surface area (Å²) in [4.78, 5) is 50.6. The number of rotatable bonds is 5. The molecule has 0 radical (unpaired) electrons. The van der Waals surface area contributed by atoms with Gasteiger partial charge in [0.25, 0.3) is 0 Å². The minimum absolute atomic E-state index is 0.0159. The molecule has 0 aromatic heterocycles. The van der Waals surface area contributed by atoms with Crippen LogP contribution >= 0.6 is 0 Å². The molecule has 2 atom stereocenters. The van der Waals surface area contributed by atoms with E-state index >= 15 is 0 Å². The van der Waals surface area contributed by atoms with Crippen molar-refractivity contribution in [2.24, 2.45) is 5.92 Å². The number of hydrogen-bond acceptors (Lipinski definition) is 4. The van der Waals surface area contributed by atoms with E-state index in [0.717, 1.165) is 41.0 Å². The molecule has 5 amide bonds. The first-order valence-corrected chi connectivity index (χ1v) is 8.98. The molecule has 0 unspecified atom stereocenters. The number of urea groups is 1. The minimum Gasteiger partial charge on any atom is -0.352 e. The molecule has 1 heterocycles. The van der Waals surface area contributed by atoms with Gasteiger partial charge in [0.2, 0.25) is 5.91 Å². The number of carbonyl (C=O) groups excluding carboxylic acids is 4. The van der Waals surface area contributed by atoms with E-state index in [2.05, 4.69) is 12.2 Å². The average molecular weight is 357 g/mol. The Morgan fingerprint density at radius 2 is 1.69 bits per heavy atom. The van der Waals surface area contributed by atoms with Crippen molar-refractivity contribution in [2.75, 3.05) is 6.54 Å². The summed E-state index contributed by atoms with van der Waals surface area (Å²) in [5.41, 5.74) is 0.740. The predicted molar refractivity (Wildman–Crippen MR) is 93.7 cm³/mol. The van der Waals surface area contributed by atoms with Crippen LogP contribution in [0.3, 0.4) is 0 Å². The number of carbonyl (C=O) groups is 4. The topological polar surface area (TPSA) is 86.8 Å². The number of amides is 5. The summed E-state index contributed by atoms with van der Waals surface area (Å²) in [5.74, 6) is -1.87. The molecule has 2 fully saturated rings. The normalized spacial score (nSPS) is 23.5. The van der Waals surface area contributed by atoms with Crippen molar-refractivity contribution in [3.63, 3.8) is 0 Å². The Balaban J connectivity index is 1.62. The monoisotopic (exact) mass is 357 g/mol. The molecule has 26 heavy (non-hydrogen) atoms. The average Bonchev–Trinajstić information content (AvgIpc) is 2.83. The third-order valence-corrected chi connectivity index (χ3v) is 5.08. The van der Waals surface area contributed by atoms with Crippen LogP contribution in [0.4, 0.5) is 4.79 Å². The summed E-state index contributed by atoms with van der Waals surface area (Å²) in [6.45, 7) is 1.68. The summed E-state index contributed by atoms with van der Waals surface area (Å²) >= 11 is 0. The Bertz CT molecular complexity index is 719. The summed E-state index contributed by atoms with van der Waals surface area (Å²) in [5, 5.41) is 2.90. The van der Waals surface area contributed by atoms with Gasteiger partial charge in [0.05, 0.1) is 6.54 Å². The van der Waals surface area contributed by atoms with Crippen LogP contribution in [0, 0.1) is 5.92 Å². The van der Waals surface area contributed by atoms with Gasteiger partial charge in [-0.1, -0.05) is 50.1 Å². The molecule has 3 rings (SSSR count). The highest BCUT2D eigenvalue weighted by atomic mass is 16.2. The molecule has 7 heteroatoms. The van der Waals surface area contributed by atoms with Crippen LogP contribution in [0.1, 0.15) is 38.2 Å². The number of hydrogen-bond donors (Lipinski definition) is 1. The van der Waals surface area contributed by atoms with Gasteiger partial charge in [0.1, 0.15) is 6.54 Å². The van der Waals surface area contributed by atoms with Gasteiger partial charge in [-0.25, -0.2) is 9.69 Å². The number of imide groups is 2. The fourth-order valence-electron chi connectivity index (χ4n) is 3.52. The van der Waals surface area contributed by atoms with E-state index in [1.54, 1.807) is 24.3 Å². The zero-order chi connectivity index (χ0) is 18.7. The maximum Gasteiger partial charge on any atom is 0.335 e. The molecule has 7 nitrogen and oxygen atoms in total. The lowest BCUT2D eigenvalue weighted by molar-refractivity contribution is -0.144. The molecule has 2 aliphatic rings. The van der Waals surface area contributed by atoms with Crippen LogP contribution in [-0.2, 0) is 20.9 Å². The molecule has 1 saturated carbocycles. The largest absolute Gasteiger partial charge is 0.352 e. The highest BCUT2D eigenvalue weighted by Gasteiger charge is 2.45. The third-order valence-electron chi connectivity index (χ3n) is 5.08. The van der Waals surface area contributed by atoms with Crippen LogP contribution < -0.4 is 5.32 Å². The molecular formula is C19H23N3O4. The van der Waals surface area contributed by atoms with E-state index in [4.69, 9.17) is 0 Å². The SMILES string of the molecule is C[C@@H]1CCCC[C@@H]1NC(=O)CN1C(=O)C(=O)N(Cc2ccccc2)C1=O. The van der Waals surface area contributed by atoms with Gasteiger partial charge in [0, 0.05) is 6.04 Å². The lowest BCUT2D eigenvalue weighted by Crippen LogP contribution is -2.47. The van der Waals surface area contributed by atoms with Crippen LogP contribution in [-0.4, -0.2) is 46.1 Å². The quantitative estimate of drug-likeness (QED) is 0.641. The van der Waals surface area contributed by atoms with Gasteiger partial charge in [-0.15, -0.1) is 0 Å². The molecule has 1 aromatic carbocycles. The smallest absolute Gasteiger partial charge is 0.335 e. The van der Waals surface area contributed by atoms with Crippen molar-refractivity contribution >= 4 is 23.8 Å². The molecule has 1 saturated heterocycles. The van der Waals surface area contributed by atoms with Gasteiger partial charge >= 0.3 is 17.8 Å². The van der Waals surface area contributed by atoms with E-state index in [1.165, 1.54) is 0 Å². The molecule has 1 aromatic rings. The number of nitrogens with one attached hydrogen (secondary N) is 1. The van der Waals surface area contributed by atoms with Gasteiger partial charge < -0.3 is 5.32 Å². The summed E-state index contributed by atoms with van der Waals surface area (Å²) < 4.78 is 0. The van der Waals surface area contributed by atoms with Crippen LogP contribution in [0.25, 0.3) is 0 Å². The Labute approximate surface area is 152 Å².